The standard InChI is InChI=1S/C17H15FN4O/c18-15-5-3-13(4-6-15)11-21-8-9-22(12-16(21)23)17-14(10-19)2-1-7-20-17/h1-7H,8-9,11-12H2. The van der Waals surface area contributed by atoms with E-state index in [9.17, 15) is 9.18 Å². The molecule has 0 saturated carbocycles. The molecule has 0 atom stereocenters. The normalized spacial score (nSPS) is 14.7. The first-order chi connectivity index (χ1) is 11.2. The Morgan fingerprint density at radius 3 is 2.70 bits per heavy atom. The molecule has 2 heterocycles. The molecule has 0 radical (unpaired) electrons. The maximum Gasteiger partial charge on any atom is 0.242 e. The van der Waals surface area contributed by atoms with Crippen LogP contribution in [0.5, 0.6) is 0 Å². The molecule has 1 aromatic carbocycles. The molecule has 116 valence electrons. The van der Waals surface area contributed by atoms with E-state index in [0.29, 0.717) is 31.0 Å². The number of anilines is 1. The predicted octanol–water partition coefficient (Wildman–Crippen LogP) is 1.94. The highest BCUT2D eigenvalue weighted by molar-refractivity contribution is 5.83. The summed E-state index contributed by atoms with van der Waals surface area (Å²) < 4.78 is 12.9. The Morgan fingerprint density at radius 2 is 2.00 bits per heavy atom. The van der Waals surface area contributed by atoms with Gasteiger partial charge in [0.1, 0.15) is 17.7 Å². The third-order valence-corrected chi connectivity index (χ3v) is 3.81. The van der Waals surface area contributed by atoms with Gasteiger partial charge in [0.2, 0.25) is 5.91 Å². The van der Waals surface area contributed by atoms with Crippen LogP contribution in [0.2, 0.25) is 0 Å². The van der Waals surface area contributed by atoms with Gasteiger partial charge in [-0.2, -0.15) is 5.26 Å². The molecule has 1 aliphatic rings. The van der Waals surface area contributed by atoms with Crippen molar-refractivity contribution in [2.75, 3.05) is 24.5 Å². The molecule has 1 amide bonds. The highest BCUT2D eigenvalue weighted by Gasteiger charge is 2.26. The van der Waals surface area contributed by atoms with Gasteiger partial charge in [-0.25, -0.2) is 9.37 Å². The van der Waals surface area contributed by atoms with Crippen LogP contribution >= 0.6 is 0 Å². The minimum Gasteiger partial charge on any atom is -0.344 e. The first-order valence-corrected chi connectivity index (χ1v) is 7.29. The zero-order chi connectivity index (χ0) is 16.2. The quantitative estimate of drug-likeness (QED) is 0.869. The zero-order valence-corrected chi connectivity index (χ0v) is 12.4. The van der Waals surface area contributed by atoms with Crippen molar-refractivity contribution in [3.63, 3.8) is 0 Å². The maximum absolute atomic E-state index is 12.9. The van der Waals surface area contributed by atoms with E-state index in [1.165, 1.54) is 12.1 Å². The van der Waals surface area contributed by atoms with Crippen LogP contribution in [0, 0.1) is 17.1 Å². The molecule has 1 fully saturated rings. The highest BCUT2D eigenvalue weighted by Crippen LogP contribution is 2.19. The molecular weight excluding hydrogens is 295 g/mol. The van der Waals surface area contributed by atoms with E-state index in [4.69, 9.17) is 5.26 Å². The van der Waals surface area contributed by atoms with Gasteiger partial charge in [-0.1, -0.05) is 12.1 Å². The number of aromatic nitrogens is 1. The van der Waals surface area contributed by atoms with E-state index in [0.717, 1.165) is 5.56 Å². The number of nitriles is 1. The molecule has 0 aliphatic carbocycles. The van der Waals surface area contributed by atoms with Gasteiger partial charge < -0.3 is 9.80 Å². The fourth-order valence-corrected chi connectivity index (χ4v) is 2.60. The molecule has 0 N–H and O–H groups in total. The summed E-state index contributed by atoms with van der Waals surface area (Å²) in [5.74, 6) is 0.226. The number of pyridine rings is 1. The van der Waals surface area contributed by atoms with Crippen LogP contribution < -0.4 is 4.90 Å². The maximum atomic E-state index is 12.9. The minimum atomic E-state index is -0.288. The largest absolute Gasteiger partial charge is 0.344 e. The van der Waals surface area contributed by atoms with Crippen LogP contribution in [-0.2, 0) is 11.3 Å². The number of rotatable bonds is 3. The van der Waals surface area contributed by atoms with Crippen LogP contribution in [0.15, 0.2) is 42.6 Å². The number of nitrogens with zero attached hydrogens (tertiary/aromatic N) is 4. The van der Waals surface area contributed by atoms with Crippen LogP contribution in [0.3, 0.4) is 0 Å². The zero-order valence-electron chi connectivity index (χ0n) is 12.4. The molecule has 6 heteroatoms. The van der Waals surface area contributed by atoms with E-state index >= 15 is 0 Å². The fourth-order valence-electron chi connectivity index (χ4n) is 2.60. The second-order valence-corrected chi connectivity index (χ2v) is 5.35. The van der Waals surface area contributed by atoms with Crippen molar-refractivity contribution in [3.05, 3.63) is 59.5 Å². The number of piperazine rings is 1. The third-order valence-electron chi connectivity index (χ3n) is 3.81. The lowest BCUT2D eigenvalue weighted by molar-refractivity contribution is -0.131. The number of halogens is 1. The van der Waals surface area contributed by atoms with E-state index in [-0.39, 0.29) is 18.3 Å². The Morgan fingerprint density at radius 1 is 1.22 bits per heavy atom. The Kier molecular flexibility index (Phi) is 4.20. The number of benzene rings is 1. The summed E-state index contributed by atoms with van der Waals surface area (Å²) >= 11 is 0. The molecule has 0 spiro atoms. The summed E-state index contributed by atoms with van der Waals surface area (Å²) in [5, 5.41) is 9.14. The van der Waals surface area contributed by atoms with Gasteiger partial charge in [0.05, 0.1) is 12.1 Å². The van der Waals surface area contributed by atoms with E-state index in [1.54, 1.807) is 35.4 Å². The SMILES string of the molecule is N#Cc1cccnc1N1CCN(Cc2ccc(F)cc2)C(=O)C1. The lowest BCUT2D eigenvalue weighted by atomic mass is 10.2. The molecular formula is C17H15FN4O. The summed E-state index contributed by atoms with van der Waals surface area (Å²) in [6.07, 6.45) is 1.62. The number of carbonyl (C=O) groups is 1. The predicted molar refractivity (Wildman–Crippen MR) is 83.0 cm³/mol. The van der Waals surface area contributed by atoms with Gasteiger partial charge in [0, 0.05) is 25.8 Å². The van der Waals surface area contributed by atoms with Gasteiger partial charge in [0.15, 0.2) is 0 Å². The Balaban J connectivity index is 1.69. The van der Waals surface area contributed by atoms with Crippen molar-refractivity contribution in [2.24, 2.45) is 0 Å². The summed E-state index contributed by atoms with van der Waals surface area (Å²) in [5.41, 5.74) is 1.36. The summed E-state index contributed by atoms with van der Waals surface area (Å²) in [7, 11) is 0. The minimum absolute atomic E-state index is 0.0323. The molecule has 2 aromatic rings. The average Bonchev–Trinajstić information content (AvgIpc) is 2.58. The van der Waals surface area contributed by atoms with Crippen molar-refractivity contribution in [1.29, 1.82) is 5.26 Å². The molecule has 23 heavy (non-hydrogen) atoms. The number of hydrogen-bond acceptors (Lipinski definition) is 4. The van der Waals surface area contributed by atoms with Gasteiger partial charge in [-0.15, -0.1) is 0 Å². The number of hydrogen-bond donors (Lipinski definition) is 0. The van der Waals surface area contributed by atoms with Crippen molar-refractivity contribution in [3.8, 4) is 6.07 Å². The molecule has 5 nitrogen and oxygen atoms in total. The van der Waals surface area contributed by atoms with E-state index < -0.39 is 0 Å². The summed E-state index contributed by atoms with van der Waals surface area (Å²) in [6, 6.07) is 11.6. The topological polar surface area (TPSA) is 60.2 Å². The number of carbonyl (C=O) groups excluding carboxylic acids is 1. The van der Waals surface area contributed by atoms with Crippen molar-refractivity contribution < 1.29 is 9.18 Å². The van der Waals surface area contributed by atoms with Crippen LogP contribution in [0.25, 0.3) is 0 Å². The first-order valence-electron chi connectivity index (χ1n) is 7.29. The summed E-state index contributed by atoms with van der Waals surface area (Å²) in [4.78, 5) is 20.1. The van der Waals surface area contributed by atoms with E-state index in [1.807, 2.05) is 4.90 Å². The Bertz CT molecular complexity index is 754. The van der Waals surface area contributed by atoms with E-state index in [2.05, 4.69) is 11.1 Å². The van der Waals surface area contributed by atoms with Gasteiger partial charge >= 0.3 is 0 Å². The average molecular weight is 310 g/mol. The lowest BCUT2D eigenvalue weighted by Crippen LogP contribution is -2.50. The van der Waals surface area contributed by atoms with Gasteiger partial charge in [-0.05, 0) is 29.8 Å². The Hall–Kier alpha value is -2.94. The van der Waals surface area contributed by atoms with Gasteiger partial charge in [0.25, 0.3) is 0 Å². The lowest BCUT2D eigenvalue weighted by Gasteiger charge is -2.35. The third kappa shape index (κ3) is 3.29. The van der Waals surface area contributed by atoms with Crippen molar-refractivity contribution >= 4 is 11.7 Å². The molecule has 1 saturated heterocycles. The smallest absolute Gasteiger partial charge is 0.242 e. The second-order valence-electron chi connectivity index (χ2n) is 5.35. The van der Waals surface area contributed by atoms with Crippen LogP contribution in [-0.4, -0.2) is 35.4 Å². The van der Waals surface area contributed by atoms with Gasteiger partial charge in [-0.3, -0.25) is 4.79 Å². The van der Waals surface area contributed by atoms with Crippen LogP contribution in [0.4, 0.5) is 10.2 Å². The molecule has 3 rings (SSSR count). The molecule has 1 aromatic heterocycles. The molecule has 0 unspecified atom stereocenters. The second kappa shape index (κ2) is 6.44. The highest BCUT2D eigenvalue weighted by atomic mass is 19.1. The van der Waals surface area contributed by atoms with Crippen molar-refractivity contribution in [2.45, 2.75) is 6.54 Å². The fraction of sp³-hybridized carbons (Fsp3) is 0.235. The first kappa shape index (κ1) is 15.0. The molecule has 0 bridgehead atoms. The van der Waals surface area contributed by atoms with Crippen LogP contribution in [0.1, 0.15) is 11.1 Å². The monoisotopic (exact) mass is 310 g/mol. The number of amides is 1. The van der Waals surface area contributed by atoms with Crippen molar-refractivity contribution in [1.82, 2.24) is 9.88 Å². The molecule has 1 aliphatic heterocycles. The summed E-state index contributed by atoms with van der Waals surface area (Å²) in [6.45, 7) is 1.80. The Labute approximate surface area is 133 Å².